The molecule has 0 bridgehead atoms. The summed E-state index contributed by atoms with van der Waals surface area (Å²) in [5.74, 6) is -0.791. The van der Waals surface area contributed by atoms with Gasteiger partial charge in [-0.25, -0.2) is 9.37 Å². The van der Waals surface area contributed by atoms with Crippen LogP contribution < -0.4 is 4.74 Å². The van der Waals surface area contributed by atoms with Crippen LogP contribution in [0.25, 0.3) is 0 Å². The average molecular weight is 437 g/mol. The Morgan fingerprint density at radius 2 is 2.00 bits per heavy atom. The van der Waals surface area contributed by atoms with Crippen molar-refractivity contribution in [2.75, 3.05) is 19.7 Å². The second-order valence-corrected chi connectivity index (χ2v) is 7.76. The summed E-state index contributed by atoms with van der Waals surface area (Å²) in [7, 11) is 0. The number of benzene rings is 1. The molecular weight excluding hydrogens is 415 g/mol. The van der Waals surface area contributed by atoms with Crippen molar-refractivity contribution in [3.8, 4) is 5.88 Å². The number of nitrogens with zero attached hydrogens (tertiary/aromatic N) is 4. The van der Waals surface area contributed by atoms with Gasteiger partial charge in [0.2, 0.25) is 0 Å². The maximum atomic E-state index is 13.1. The van der Waals surface area contributed by atoms with Crippen molar-refractivity contribution in [3.05, 3.63) is 63.0 Å². The molecule has 2 heterocycles. The summed E-state index contributed by atoms with van der Waals surface area (Å²) < 4.78 is 18.4. The van der Waals surface area contributed by atoms with Crippen molar-refractivity contribution in [2.24, 2.45) is 0 Å². The van der Waals surface area contributed by atoms with E-state index in [4.69, 9.17) is 16.3 Å². The lowest BCUT2D eigenvalue weighted by atomic mass is 10.1. The molecular formula is C20H22ClFN4O4. The highest BCUT2D eigenvalue weighted by Crippen LogP contribution is 2.27. The van der Waals surface area contributed by atoms with Gasteiger partial charge in [-0.05, 0) is 31.5 Å². The summed E-state index contributed by atoms with van der Waals surface area (Å²) in [6.07, 6.45) is 1.23. The SMILES string of the molecule is C[C@@H]1CN(Cc2ccc(F)cc2)[C@@H](C)CN1C(=O)COc1ncc(Cl)cc1[N+](=O)[O-]. The van der Waals surface area contributed by atoms with Crippen molar-refractivity contribution in [3.63, 3.8) is 0 Å². The van der Waals surface area contributed by atoms with E-state index in [0.29, 0.717) is 19.6 Å². The van der Waals surface area contributed by atoms with Crippen molar-refractivity contribution in [1.29, 1.82) is 0 Å². The first-order valence-electron chi connectivity index (χ1n) is 9.45. The van der Waals surface area contributed by atoms with Crippen LogP contribution >= 0.6 is 11.6 Å². The summed E-state index contributed by atoms with van der Waals surface area (Å²) in [6.45, 7) is 5.38. The number of rotatable bonds is 6. The van der Waals surface area contributed by atoms with Crippen LogP contribution in [0.5, 0.6) is 5.88 Å². The van der Waals surface area contributed by atoms with Crippen molar-refractivity contribution < 1.29 is 18.8 Å². The lowest BCUT2D eigenvalue weighted by Gasteiger charge is -2.44. The monoisotopic (exact) mass is 436 g/mol. The van der Waals surface area contributed by atoms with Gasteiger partial charge in [-0.2, -0.15) is 0 Å². The zero-order valence-corrected chi connectivity index (χ0v) is 17.4. The third-order valence-corrected chi connectivity index (χ3v) is 5.27. The van der Waals surface area contributed by atoms with Gasteiger partial charge in [0, 0.05) is 37.8 Å². The average Bonchev–Trinajstić information content (AvgIpc) is 2.70. The summed E-state index contributed by atoms with van der Waals surface area (Å²) in [4.78, 5) is 30.9. The minimum absolute atomic E-state index is 0.0779. The van der Waals surface area contributed by atoms with Gasteiger partial charge in [0.1, 0.15) is 5.82 Å². The van der Waals surface area contributed by atoms with Crippen LogP contribution in [0.15, 0.2) is 36.5 Å². The molecule has 1 fully saturated rings. The number of carbonyl (C=O) groups is 1. The van der Waals surface area contributed by atoms with Gasteiger partial charge >= 0.3 is 5.69 Å². The van der Waals surface area contributed by atoms with Crippen LogP contribution in [0.4, 0.5) is 10.1 Å². The zero-order chi connectivity index (χ0) is 21.8. The molecule has 0 radical (unpaired) electrons. The van der Waals surface area contributed by atoms with Crippen LogP contribution in [0.2, 0.25) is 5.02 Å². The Labute approximate surface area is 178 Å². The van der Waals surface area contributed by atoms with Gasteiger partial charge in [0.05, 0.1) is 16.1 Å². The van der Waals surface area contributed by atoms with E-state index in [9.17, 15) is 19.3 Å². The zero-order valence-electron chi connectivity index (χ0n) is 16.6. The molecule has 1 aliphatic rings. The first-order valence-corrected chi connectivity index (χ1v) is 9.83. The Morgan fingerprint density at radius 1 is 1.30 bits per heavy atom. The highest BCUT2D eigenvalue weighted by atomic mass is 35.5. The van der Waals surface area contributed by atoms with Gasteiger partial charge in [0.15, 0.2) is 6.61 Å². The number of piperazine rings is 1. The number of halogens is 2. The van der Waals surface area contributed by atoms with E-state index in [1.807, 2.05) is 13.8 Å². The Kier molecular flexibility index (Phi) is 6.84. The minimum Gasteiger partial charge on any atom is -0.463 e. The first-order chi connectivity index (χ1) is 14.2. The van der Waals surface area contributed by atoms with E-state index in [1.54, 1.807) is 17.0 Å². The highest BCUT2D eigenvalue weighted by Gasteiger charge is 2.32. The van der Waals surface area contributed by atoms with E-state index in [2.05, 4.69) is 9.88 Å². The second kappa shape index (κ2) is 9.36. The maximum Gasteiger partial charge on any atom is 0.332 e. The third kappa shape index (κ3) is 5.22. The summed E-state index contributed by atoms with van der Waals surface area (Å²) in [5, 5.41) is 11.2. The van der Waals surface area contributed by atoms with E-state index < -0.39 is 4.92 Å². The predicted molar refractivity (Wildman–Crippen MR) is 109 cm³/mol. The molecule has 1 amide bonds. The fourth-order valence-corrected chi connectivity index (χ4v) is 3.61. The number of nitro groups is 1. The van der Waals surface area contributed by atoms with E-state index in [1.165, 1.54) is 18.3 Å². The van der Waals surface area contributed by atoms with Crippen LogP contribution in [-0.2, 0) is 11.3 Å². The fraction of sp³-hybridized carbons (Fsp3) is 0.400. The Morgan fingerprint density at radius 3 is 2.67 bits per heavy atom. The topological polar surface area (TPSA) is 88.8 Å². The largest absolute Gasteiger partial charge is 0.463 e. The Bertz CT molecular complexity index is 928. The molecule has 3 rings (SSSR count). The van der Waals surface area contributed by atoms with Crippen LogP contribution in [-0.4, -0.2) is 57.4 Å². The molecule has 0 spiro atoms. The Hall–Kier alpha value is -2.78. The lowest BCUT2D eigenvalue weighted by Crippen LogP contribution is -2.58. The van der Waals surface area contributed by atoms with Crippen LogP contribution in [0.3, 0.4) is 0 Å². The van der Waals surface area contributed by atoms with Crippen LogP contribution in [0.1, 0.15) is 19.4 Å². The van der Waals surface area contributed by atoms with Gasteiger partial charge in [-0.3, -0.25) is 19.8 Å². The predicted octanol–water partition coefficient (Wildman–Crippen LogP) is 3.28. The molecule has 1 aliphatic heterocycles. The van der Waals surface area contributed by atoms with Crippen molar-refractivity contribution in [2.45, 2.75) is 32.5 Å². The molecule has 0 saturated carbocycles. The number of aromatic nitrogens is 1. The molecule has 0 unspecified atom stereocenters. The molecule has 160 valence electrons. The quantitative estimate of drug-likeness (QED) is 0.510. The second-order valence-electron chi connectivity index (χ2n) is 7.32. The molecule has 1 aromatic heterocycles. The van der Waals surface area contributed by atoms with Gasteiger partial charge in [-0.15, -0.1) is 0 Å². The number of pyridine rings is 1. The molecule has 10 heteroatoms. The molecule has 8 nitrogen and oxygen atoms in total. The number of amides is 1. The van der Waals surface area contributed by atoms with Gasteiger partial charge in [0.25, 0.3) is 11.8 Å². The van der Waals surface area contributed by atoms with E-state index in [-0.39, 0.29) is 47.0 Å². The smallest absolute Gasteiger partial charge is 0.332 e. The molecule has 30 heavy (non-hydrogen) atoms. The molecule has 2 aromatic rings. The van der Waals surface area contributed by atoms with Gasteiger partial charge in [-0.1, -0.05) is 23.7 Å². The summed E-state index contributed by atoms with van der Waals surface area (Å²) >= 11 is 5.74. The van der Waals surface area contributed by atoms with Crippen LogP contribution in [0, 0.1) is 15.9 Å². The number of ether oxygens (including phenoxy) is 1. The first kappa shape index (κ1) is 21.9. The van der Waals surface area contributed by atoms with E-state index >= 15 is 0 Å². The van der Waals surface area contributed by atoms with Crippen molar-refractivity contribution in [1.82, 2.24) is 14.8 Å². The maximum absolute atomic E-state index is 13.1. The highest BCUT2D eigenvalue weighted by molar-refractivity contribution is 6.30. The molecule has 0 N–H and O–H groups in total. The molecule has 2 atom stereocenters. The summed E-state index contributed by atoms with van der Waals surface area (Å²) in [6, 6.07) is 7.51. The number of hydrogen-bond acceptors (Lipinski definition) is 6. The minimum atomic E-state index is -0.655. The van der Waals surface area contributed by atoms with Gasteiger partial charge < -0.3 is 9.64 Å². The fourth-order valence-electron chi connectivity index (χ4n) is 3.46. The lowest BCUT2D eigenvalue weighted by molar-refractivity contribution is -0.386. The molecule has 1 aromatic carbocycles. The third-order valence-electron chi connectivity index (χ3n) is 5.06. The number of hydrogen-bond donors (Lipinski definition) is 0. The standard InChI is InChI=1S/C20H22ClFN4O4/c1-13-10-25(14(2)9-24(13)11-15-3-5-17(22)6-4-15)19(27)12-30-20-18(26(28)29)7-16(21)8-23-20/h3-8,13-14H,9-12H2,1-2H3/t13-,14+/m0/s1. The molecule has 0 aliphatic carbocycles. The number of carbonyl (C=O) groups excluding carboxylic acids is 1. The normalized spacial score (nSPS) is 19.5. The Balaban J connectivity index is 1.60. The van der Waals surface area contributed by atoms with Crippen molar-refractivity contribution >= 4 is 23.2 Å². The van der Waals surface area contributed by atoms with E-state index in [0.717, 1.165) is 11.6 Å². The molecule has 1 saturated heterocycles. The summed E-state index contributed by atoms with van der Waals surface area (Å²) in [5.41, 5.74) is 0.612.